The monoisotopic (exact) mass is 416 g/mol. The number of aromatic amines is 1. The molecule has 2 aromatic heterocycles. The molecule has 0 radical (unpaired) electrons. The quantitative estimate of drug-likeness (QED) is 0.319. The van der Waals surface area contributed by atoms with Gasteiger partial charge in [-0.05, 0) is 61.4 Å². The lowest BCUT2D eigenvalue weighted by Gasteiger charge is -2.09. The molecule has 6 heteroatoms. The third-order valence-electron chi connectivity index (χ3n) is 5.14. The number of ether oxygens (including phenoxy) is 2. The Morgan fingerprint density at radius 1 is 0.710 bits per heavy atom. The zero-order valence-electron chi connectivity index (χ0n) is 18.1. The first-order valence-corrected chi connectivity index (χ1v) is 11.0. The maximum Gasteiger partial charge on any atom is 0.121 e. The van der Waals surface area contributed by atoms with Gasteiger partial charge in [0.2, 0.25) is 0 Å². The molecule has 0 amide bonds. The Labute approximate surface area is 182 Å². The summed E-state index contributed by atoms with van der Waals surface area (Å²) in [7, 11) is 0. The fraction of sp³-hybridized carbons (Fsp3) is 0.320. The molecule has 0 atom stereocenters. The Kier molecular flexibility index (Phi) is 6.77. The first-order valence-electron chi connectivity index (χ1n) is 11.0. The first kappa shape index (κ1) is 20.8. The van der Waals surface area contributed by atoms with Crippen LogP contribution < -0.4 is 9.47 Å². The molecule has 31 heavy (non-hydrogen) atoms. The van der Waals surface area contributed by atoms with Crippen molar-refractivity contribution in [3.8, 4) is 34.0 Å². The van der Waals surface area contributed by atoms with Gasteiger partial charge >= 0.3 is 0 Å². The van der Waals surface area contributed by atoms with Gasteiger partial charge in [-0.15, -0.1) is 10.2 Å². The second kappa shape index (κ2) is 10.1. The molecule has 160 valence electrons. The average molecular weight is 417 g/mol. The molecular formula is C25H28N4O2. The number of hydrogen-bond donors (Lipinski definition) is 1. The molecule has 0 saturated carbocycles. The van der Waals surface area contributed by atoms with Gasteiger partial charge in [0.05, 0.1) is 25.1 Å². The molecule has 2 aromatic carbocycles. The average Bonchev–Trinajstić information content (AvgIpc) is 3.30. The summed E-state index contributed by atoms with van der Waals surface area (Å²) in [6, 6.07) is 15.9. The second-order valence-electron chi connectivity index (χ2n) is 7.48. The van der Waals surface area contributed by atoms with Gasteiger partial charge in [0.25, 0.3) is 0 Å². The molecule has 0 aliphatic rings. The molecule has 2 heterocycles. The summed E-state index contributed by atoms with van der Waals surface area (Å²) in [5.41, 5.74) is 5.12. The van der Waals surface area contributed by atoms with E-state index in [2.05, 4.69) is 34.0 Å². The van der Waals surface area contributed by atoms with E-state index in [0.717, 1.165) is 83.9 Å². The summed E-state index contributed by atoms with van der Waals surface area (Å²) < 4.78 is 11.5. The van der Waals surface area contributed by atoms with Crippen molar-refractivity contribution >= 4 is 11.0 Å². The van der Waals surface area contributed by atoms with Crippen molar-refractivity contribution in [1.82, 2.24) is 20.2 Å². The highest BCUT2D eigenvalue weighted by Gasteiger charge is 2.15. The van der Waals surface area contributed by atoms with Gasteiger partial charge < -0.3 is 14.5 Å². The van der Waals surface area contributed by atoms with Crippen LogP contribution in [0.3, 0.4) is 0 Å². The van der Waals surface area contributed by atoms with Crippen LogP contribution in [0.15, 0.2) is 54.9 Å². The number of aromatic nitrogens is 4. The third-order valence-corrected chi connectivity index (χ3v) is 5.14. The van der Waals surface area contributed by atoms with Crippen LogP contribution in [-0.4, -0.2) is 33.4 Å². The number of unbranched alkanes of at least 4 members (excludes halogenated alkanes) is 2. The number of imidazole rings is 1. The first-order chi connectivity index (χ1) is 15.3. The van der Waals surface area contributed by atoms with Crippen molar-refractivity contribution in [2.24, 2.45) is 0 Å². The van der Waals surface area contributed by atoms with Crippen LogP contribution in [0.4, 0.5) is 0 Å². The van der Waals surface area contributed by atoms with Gasteiger partial charge in [-0.3, -0.25) is 0 Å². The zero-order valence-corrected chi connectivity index (χ0v) is 18.1. The van der Waals surface area contributed by atoms with Crippen LogP contribution in [0.5, 0.6) is 11.5 Å². The molecule has 1 N–H and O–H groups in total. The van der Waals surface area contributed by atoms with Crippen molar-refractivity contribution in [3.05, 3.63) is 54.9 Å². The molecule has 0 unspecified atom stereocenters. The van der Waals surface area contributed by atoms with Crippen LogP contribution in [0.1, 0.15) is 39.5 Å². The van der Waals surface area contributed by atoms with Crippen molar-refractivity contribution < 1.29 is 9.47 Å². The summed E-state index contributed by atoms with van der Waals surface area (Å²) >= 11 is 0. The summed E-state index contributed by atoms with van der Waals surface area (Å²) in [6.45, 7) is 5.77. The number of hydrogen-bond acceptors (Lipinski definition) is 5. The van der Waals surface area contributed by atoms with E-state index in [1.807, 2.05) is 48.5 Å². The third kappa shape index (κ3) is 4.85. The van der Waals surface area contributed by atoms with Gasteiger partial charge in [-0.1, -0.05) is 26.7 Å². The van der Waals surface area contributed by atoms with E-state index >= 15 is 0 Å². The molecule has 0 fully saturated rings. The Hall–Kier alpha value is -3.41. The highest BCUT2D eigenvalue weighted by atomic mass is 16.5. The van der Waals surface area contributed by atoms with Crippen molar-refractivity contribution in [3.63, 3.8) is 0 Å². The van der Waals surface area contributed by atoms with E-state index in [0.29, 0.717) is 0 Å². The number of fused-ring (bicyclic) bond motifs is 1. The fourth-order valence-electron chi connectivity index (χ4n) is 3.33. The molecule has 0 spiro atoms. The van der Waals surface area contributed by atoms with Crippen LogP contribution in [0, 0.1) is 0 Å². The normalized spacial score (nSPS) is 11.0. The molecule has 0 bridgehead atoms. The Bertz CT molecular complexity index is 1020. The molecule has 0 saturated heterocycles. The van der Waals surface area contributed by atoms with Gasteiger partial charge in [-0.2, -0.15) is 0 Å². The predicted molar refractivity (Wildman–Crippen MR) is 123 cm³/mol. The topological polar surface area (TPSA) is 72.9 Å². The lowest BCUT2D eigenvalue weighted by atomic mass is 10.1. The fourth-order valence-corrected chi connectivity index (χ4v) is 3.33. The molecule has 6 nitrogen and oxygen atoms in total. The van der Waals surface area contributed by atoms with Gasteiger partial charge in [0.15, 0.2) is 0 Å². The molecule has 0 aliphatic carbocycles. The smallest absolute Gasteiger partial charge is 0.121 e. The maximum absolute atomic E-state index is 5.76. The number of nitrogens with zero attached hydrogens (tertiary/aromatic N) is 3. The van der Waals surface area contributed by atoms with E-state index in [9.17, 15) is 0 Å². The second-order valence-corrected chi connectivity index (χ2v) is 7.48. The van der Waals surface area contributed by atoms with E-state index in [1.165, 1.54) is 0 Å². The lowest BCUT2D eigenvalue weighted by Crippen LogP contribution is -1.98. The van der Waals surface area contributed by atoms with Crippen molar-refractivity contribution in [1.29, 1.82) is 0 Å². The Morgan fingerprint density at radius 2 is 1.23 bits per heavy atom. The number of benzene rings is 2. The highest BCUT2D eigenvalue weighted by Crippen LogP contribution is 2.31. The van der Waals surface area contributed by atoms with E-state index < -0.39 is 0 Å². The minimum atomic E-state index is 0.733. The zero-order chi connectivity index (χ0) is 21.5. The van der Waals surface area contributed by atoms with Crippen molar-refractivity contribution in [2.45, 2.75) is 39.5 Å². The van der Waals surface area contributed by atoms with Gasteiger partial charge in [-0.25, -0.2) is 4.98 Å². The van der Waals surface area contributed by atoms with E-state index in [4.69, 9.17) is 9.47 Å². The van der Waals surface area contributed by atoms with Crippen LogP contribution in [-0.2, 0) is 0 Å². The van der Waals surface area contributed by atoms with Gasteiger partial charge in [0.1, 0.15) is 28.4 Å². The SMILES string of the molecule is CCCCOc1ccc(-c2nnc(-c3ccc(OCCCC)cc3)c3[nH]cnc23)cc1. The van der Waals surface area contributed by atoms with Crippen molar-refractivity contribution in [2.75, 3.05) is 13.2 Å². The minimum absolute atomic E-state index is 0.733. The number of nitrogens with one attached hydrogen (secondary N) is 1. The summed E-state index contributed by atoms with van der Waals surface area (Å²) in [5.74, 6) is 1.73. The lowest BCUT2D eigenvalue weighted by molar-refractivity contribution is 0.309. The molecule has 0 aliphatic heterocycles. The van der Waals surface area contributed by atoms with Gasteiger partial charge in [0, 0.05) is 11.1 Å². The maximum atomic E-state index is 5.76. The largest absolute Gasteiger partial charge is 0.494 e. The molecule has 4 rings (SSSR count). The standard InChI is InChI=1S/C25H28N4O2/c1-3-5-15-30-20-11-7-18(8-12-20)22-24-25(27-17-26-24)23(29-28-22)19-9-13-21(14-10-19)31-16-6-4-2/h7-14,17H,3-6,15-16H2,1-2H3,(H,26,27). The molecule has 4 aromatic rings. The summed E-state index contributed by atoms with van der Waals surface area (Å²) in [4.78, 5) is 7.75. The predicted octanol–water partition coefficient (Wildman–Crippen LogP) is 6.04. The highest BCUT2D eigenvalue weighted by molar-refractivity contribution is 5.96. The van der Waals surface area contributed by atoms with Crippen LogP contribution in [0.25, 0.3) is 33.5 Å². The minimum Gasteiger partial charge on any atom is -0.494 e. The molecular weight excluding hydrogens is 388 g/mol. The Balaban J connectivity index is 1.57. The Morgan fingerprint density at radius 3 is 1.77 bits per heavy atom. The number of rotatable bonds is 10. The van der Waals surface area contributed by atoms with E-state index in [-0.39, 0.29) is 0 Å². The van der Waals surface area contributed by atoms with Crippen LogP contribution in [0.2, 0.25) is 0 Å². The van der Waals surface area contributed by atoms with E-state index in [1.54, 1.807) is 6.33 Å². The number of H-pyrrole nitrogens is 1. The summed E-state index contributed by atoms with van der Waals surface area (Å²) in [6.07, 6.45) is 6.02. The van der Waals surface area contributed by atoms with Crippen LogP contribution >= 0.6 is 0 Å². The summed E-state index contributed by atoms with van der Waals surface area (Å²) in [5, 5.41) is 9.03.